The lowest BCUT2D eigenvalue weighted by atomic mass is 9.87. The molecule has 0 atom stereocenters. The maximum absolute atomic E-state index is 13.1. The van der Waals surface area contributed by atoms with E-state index in [0.29, 0.717) is 27.6 Å². The van der Waals surface area contributed by atoms with Crippen molar-refractivity contribution in [3.8, 4) is 5.69 Å². The first-order valence-corrected chi connectivity index (χ1v) is 11.3. The number of benzene rings is 2. The summed E-state index contributed by atoms with van der Waals surface area (Å²) >= 11 is 6.20. The number of fused-ring (bicyclic) bond motifs is 1. The van der Waals surface area contributed by atoms with E-state index in [0.717, 1.165) is 5.56 Å². The highest BCUT2D eigenvalue weighted by atomic mass is 35.5. The summed E-state index contributed by atoms with van der Waals surface area (Å²) in [5.41, 5.74) is 8.36. The van der Waals surface area contributed by atoms with Crippen LogP contribution in [-0.4, -0.2) is 27.9 Å². The molecule has 0 aliphatic heterocycles. The Morgan fingerprint density at radius 3 is 2.45 bits per heavy atom. The van der Waals surface area contributed by atoms with Gasteiger partial charge in [-0.1, -0.05) is 44.5 Å². The van der Waals surface area contributed by atoms with Gasteiger partial charge in [0, 0.05) is 5.02 Å². The first kappa shape index (κ1) is 21.1. The van der Waals surface area contributed by atoms with E-state index in [-0.39, 0.29) is 16.3 Å². The van der Waals surface area contributed by atoms with E-state index < -0.39 is 10.0 Å². The van der Waals surface area contributed by atoms with Gasteiger partial charge in [0.25, 0.3) is 10.0 Å². The molecule has 0 saturated carbocycles. The first-order valence-electron chi connectivity index (χ1n) is 9.43. The SMILES string of the molecule is CC(C)(C)c1ccc(S(=O)(=O)Nc2ccc(Cl)cc2-n2cnc3nc(N)ncc32)cc1. The van der Waals surface area contributed by atoms with Crippen LogP contribution >= 0.6 is 11.6 Å². The molecule has 0 saturated heterocycles. The summed E-state index contributed by atoms with van der Waals surface area (Å²) in [4.78, 5) is 12.5. The van der Waals surface area contributed by atoms with Crippen LogP contribution in [0, 0.1) is 0 Å². The summed E-state index contributed by atoms with van der Waals surface area (Å²) in [6.07, 6.45) is 3.04. The van der Waals surface area contributed by atoms with Crippen LogP contribution in [0.15, 0.2) is 59.9 Å². The molecule has 0 radical (unpaired) electrons. The lowest BCUT2D eigenvalue weighted by Gasteiger charge is -2.19. The maximum atomic E-state index is 13.1. The molecule has 10 heteroatoms. The smallest absolute Gasteiger partial charge is 0.261 e. The molecule has 3 N–H and O–H groups in total. The highest BCUT2D eigenvalue weighted by molar-refractivity contribution is 7.92. The zero-order chi connectivity index (χ0) is 22.4. The van der Waals surface area contributed by atoms with E-state index in [1.807, 2.05) is 12.1 Å². The van der Waals surface area contributed by atoms with E-state index in [1.165, 1.54) is 12.5 Å². The largest absolute Gasteiger partial charge is 0.368 e. The Balaban J connectivity index is 1.75. The molecular weight excluding hydrogens is 436 g/mol. The Kier molecular flexibility index (Phi) is 5.10. The molecule has 4 aromatic rings. The van der Waals surface area contributed by atoms with Crippen LogP contribution in [0.1, 0.15) is 26.3 Å². The lowest BCUT2D eigenvalue weighted by Crippen LogP contribution is -2.16. The van der Waals surface area contributed by atoms with Crippen molar-refractivity contribution in [3.63, 3.8) is 0 Å². The zero-order valence-corrected chi connectivity index (χ0v) is 18.7. The van der Waals surface area contributed by atoms with Gasteiger partial charge >= 0.3 is 0 Å². The van der Waals surface area contributed by atoms with E-state index in [2.05, 4.69) is 40.4 Å². The topological polar surface area (TPSA) is 116 Å². The number of nitrogens with zero attached hydrogens (tertiary/aromatic N) is 4. The number of hydrogen-bond donors (Lipinski definition) is 2. The molecule has 0 aliphatic carbocycles. The fourth-order valence-electron chi connectivity index (χ4n) is 3.14. The molecule has 0 spiro atoms. The zero-order valence-electron chi connectivity index (χ0n) is 17.2. The number of hydrogen-bond acceptors (Lipinski definition) is 6. The average molecular weight is 457 g/mol. The molecule has 0 unspecified atom stereocenters. The van der Waals surface area contributed by atoms with Crippen LogP contribution < -0.4 is 10.5 Å². The molecule has 2 heterocycles. The fourth-order valence-corrected chi connectivity index (χ4v) is 4.38. The van der Waals surface area contributed by atoms with Crippen molar-refractivity contribution in [1.29, 1.82) is 0 Å². The number of imidazole rings is 1. The van der Waals surface area contributed by atoms with Gasteiger partial charge in [0.15, 0.2) is 5.65 Å². The minimum Gasteiger partial charge on any atom is -0.368 e. The number of halogens is 1. The second-order valence-corrected chi connectivity index (χ2v) is 10.2. The molecule has 0 aliphatic rings. The Labute approximate surface area is 185 Å². The van der Waals surface area contributed by atoms with E-state index in [9.17, 15) is 8.42 Å². The van der Waals surface area contributed by atoms with Crippen LogP contribution in [0.5, 0.6) is 0 Å². The Hall–Kier alpha value is -3.17. The van der Waals surface area contributed by atoms with Crippen molar-refractivity contribution in [2.75, 3.05) is 10.5 Å². The summed E-state index contributed by atoms with van der Waals surface area (Å²) in [6, 6.07) is 11.7. The minimum atomic E-state index is -3.84. The Morgan fingerprint density at radius 2 is 1.77 bits per heavy atom. The molecule has 0 bridgehead atoms. The first-order chi connectivity index (χ1) is 14.5. The van der Waals surface area contributed by atoms with Gasteiger partial charge in [-0.05, 0) is 41.3 Å². The fraction of sp³-hybridized carbons (Fsp3) is 0.190. The monoisotopic (exact) mass is 456 g/mol. The quantitative estimate of drug-likeness (QED) is 0.476. The standard InChI is InChI=1S/C21H21ClN6O2S/c1-21(2,3)13-4-7-15(8-5-13)31(29,30)27-16-9-6-14(22)10-17(16)28-12-25-19-18(28)11-24-20(23)26-19/h4-12,27H,1-3H3,(H2,23,24,26). The van der Waals surface area contributed by atoms with Crippen molar-refractivity contribution < 1.29 is 8.42 Å². The van der Waals surface area contributed by atoms with Crippen molar-refractivity contribution in [1.82, 2.24) is 19.5 Å². The van der Waals surface area contributed by atoms with E-state index >= 15 is 0 Å². The molecule has 31 heavy (non-hydrogen) atoms. The van der Waals surface area contributed by atoms with Crippen LogP contribution in [0.2, 0.25) is 5.02 Å². The van der Waals surface area contributed by atoms with Gasteiger partial charge in [-0.25, -0.2) is 18.4 Å². The summed E-state index contributed by atoms with van der Waals surface area (Å²) in [5.74, 6) is 0.100. The highest BCUT2D eigenvalue weighted by Crippen LogP contribution is 2.30. The Morgan fingerprint density at radius 1 is 1.06 bits per heavy atom. The third-order valence-corrected chi connectivity index (χ3v) is 6.43. The molecule has 8 nitrogen and oxygen atoms in total. The molecular formula is C21H21ClN6O2S. The Bertz CT molecular complexity index is 1380. The molecule has 4 rings (SSSR count). The number of nitrogens with two attached hydrogens (primary N) is 1. The number of nitrogens with one attached hydrogen (secondary N) is 1. The third-order valence-electron chi connectivity index (χ3n) is 4.82. The second-order valence-electron chi connectivity index (χ2n) is 8.09. The van der Waals surface area contributed by atoms with Gasteiger partial charge < -0.3 is 5.73 Å². The average Bonchev–Trinajstić information content (AvgIpc) is 3.11. The van der Waals surface area contributed by atoms with Gasteiger partial charge in [0.05, 0.1) is 22.5 Å². The minimum absolute atomic E-state index is 0.0764. The summed E-state index contributed by atoms with van der Waals surface area (Å²) in [6.45, 7) is 6.21. The van der Waals surface area contributed by atoms with Crippen LogP contribution in [0.3, 0.4) is 0 Å². The van der Waals surface area contributed by atoms with Gasteiger partial charge in [0.2, 0.25) is 5.95 Å². The molecule has 2 aromatic heterocycles. The number of anilines is 2. The number of aromatic nitrogens is 4. The second kappa shape index (κ2) is 7.51. The summed E-state index contributed by atoms with van der Waals surface area (Å²) in [7, 11) is -3.84. The van der Waals surface area contributed by atoms with Gasteiger partial charge in [-0.15, -0.1) is 0 Å². The molecule has 160 valence electrons. The summed E-state index contributed by atoms with van der Waals surface area (Å²) in [5, 5.41) is 0.436. The van der Waals surface area contributed by atoms with E-state index in [4.69, 9.17) is 17.3 Å². The third kappa shape index (κ3) is 4.19. The van der Waals surface area contributed by atoms with Crippen molar-refractivity contribution in [2.24, 2.45) is 0 Å². The van der Waals surface area contributed by atoms with Crippen molar-refractivity contribution in [2.45, 2.75) is 31.1 Å². The number of sulfonamides is 1. The molecule has 0 fully saturated rings. The van der Waals surface area contributed by atoms with Crippen LogP contribution in [-0.2, 0) is 15.4 Å². The van der Waals surface area contributed by atoms with Crippen LogP contribution in [0.4, 0.5) is 11.6 Å². The van der Waals surface area contributed by atoms with Gasteiger partial charge in [0.1, 0.15) is 11.8 Å². The van der Waals surface area contributed by atoms with E-state index in [1.54, 1.807) is 34.9 Å². The lowest BCUT2D eigenvalue weighted by molar-refractivity contribution is 0.587. The molecule has 2 aromatic carbocycles. The van der Waals surface area contributed by atoms with Crippen molar-refractivity contribution >= 4 is 44.4 Å². The predicted octanol–water partition coefficient (Wildman–Crippen LogP) is 4.15. The van der Waals surface area contributed by atoms with Gasteiger partial charge in [-0.3, -0.25) is 9.29 Å². The van der Waals surface area contributed by atoms with Crippen molar-refractivity contribution in [3.05, 3.63) is 65.6 Å². The van der Waals surface area contributed by atoms with Gasteiger partial charge in [-0.2, -0.15) is 4.98 Å². The van der Waals surface area contributed by atoms with Crippen LogP contribution in [0.25, 0.3) is 16.9 Å². The number of nitrogen functional groups attached to an aromatic ring is 1. The predicted molar refractivity (Wildman–Crippen MR) is 122 cm³/mol. The normalized spacial score (nSPS) is 12.3. The summed E-state index contributed by atoms with van der Waals surface area (Å²) < 4.78 is 30.4. The maximum Gasteiger partial charge on any atom is 0.261 e. The number of rotatable bonds is 4. The molecule has 0 amide bonds. The highest BCUT2D eigenvalue weighted by Gasteiger charge is 2.20.